The minimum absolute atomic E-state index is 0.0570. The number of hydrogen-bond donors (Lipinski definition) is 3. The summed E-state index contributed by atoms with van der Waals surface area (Å²) in [6.07, 6.45) is 1.22. The highest BCUT2D eigenvalue weighted by atomic mass is 16.4. The Balaban J connectivity index is 2.07. The molecule has 6 nitrogen and oxygen atoms in total. The molecule has 0 unspecified atom stereocenters. The lowest BCUT2D eigenvalue weighted by atomic mass is 10.1. The highest BCUT2D eigenvalue weighted by molar-refractivity contribution is 6.10. The van der Waals surface area contributed by atoms with Crippen LogP contribution >= 0.6 is 0 Å². The molecule has 0 bridgehead atoms. The van der Waals surface area contributed by atoms with Gasteiger partial charge in [0.15, 0.2) is 0 Å². The van der Waals surface area contributed by atoms with Crippen LogP contribution in [-0.4, -0.2) is 22.9 Å². The van der Waals surface area contributed by atoms with Crippen molar-refractivity contribution in [3.05, 3.63) is 59.7 Å². The molecule has 6 heteroatoms. The van der Waals surface area contributed by atoms with Crippen molar-refractivity contribution < 1.29 is 19.5 Å². The smallest absolute Gasteiger partial charge is 0.336 e. The van der Waals surface area contributed by atoms with E-state index < -0.39 is 11.9 Å². The predicted molar refractivity (Wildman–Crippen MR) is 91.3 cm³/mol. The Hall–Kier alpha value is -3.15. The summed E-state index contributed by atoms with van der Waals surface area (Å²) in [7, 11) is 0. The van der Waals surface area contributed by atoms with Gasteiger partial charge in [-0.15, -0.1) is 0 Å². The van der Waals surface area contributed by atoms with E-state index in [1.807, 2.05) is 6.92 Å². The number of benzene rings is 2. The molecule has 0 aliphatic heterocycles. The monoisotopic (exact) mass is 326 g/mol. The quantitative estimate of drug-likeness (QED) is 0.758. The number of carboxylic acid groups (broad SMARTS) is 1. The number of rotatable bonds is 6. The number of nitrogens with one attached hydrogen (secondary N) is 2. The number of carboxylic acids is 1. The molecule has 0 atom stereocenters. The van der Waals surface area contributed by atoms with Crippen LogP contribution in [0.3, 0.4) is 0 Å². The fourth-order valence-electron chi connectivity index (χ4n) is 2.15. The fraction of sp³-hybridized carbons (Fsp3) is 0.167. The van der Waals surface area contributed by atoms with Crippen LogP contribution in [0.25, 0.3) is 0 Å². The Kier molecular flexibility index (Phi) is 5.68. The molecule has 0 aliphatic carbocycles. The maximum Gasteiger partial charge on any atom is 0.336 e. The van der Waals surface area contributed by atoms with Gasteiger partial charge in [0.2, 0.25) is 5.91 Å². The van der Waals surface area contributed by atoms with Gasteiger partial charge in [-0.25, -0.2) is 4.79 Å². The van der Waals surface area contributed by atoms with Gasteiger partial charge in [0.25, 0.3) is 5.91 Å². The highest BCUT2D eigenvalue weighted by Gasteiger charge is 2.15. The number of aromatic carboxylic acids is 1. The zero-order chi connectivity index (χ0) is 17.5. The lowest BCUT2D eigenvalue weighted by Gasteiger charge is -2.09. The summed E-state index contributed by atoms with van der Waals surface area (Å²) in [4.78, 5) is 34.9. The summed E-state index contributed by atoms with van der Waals surface area (Å²) in [5.41, 5.74) is 1.18. The van der Waals surface area contributed by atoms with Crippen molar-refractivity contribution in [1.29, 1.82) is 0 Å². The van der Waals surface area contributed by atoms with Gasteiger partial charge in [-0.05, 0) is 42.8 Å². The molecule has 0 heterocycles. The molecular formula is C18H18N2O4. The number of hydrogen-bond acceptors (Lipinski definition) is 3. The molecule has 2 aromatic carbocycles. The normalized spacial score (nSPS) is 10.0. The summed E-state index contributed by atoms with van der Waals surface area (Å²) < 4.78 is 0. The fourth-order valence-corrected chi connectivity index (χ4v) is 2.15. The van der Waals surface area contributed by atoms with Gasteiger partial charge in [0, 0.05) is 17.8 Å². The standard InChI is InChI=1S/C18H18N2O4/c1-2-5-16(21)19-12-8-10-13(11-9-12)20-17(22)14-6-3-4-7-15(14)18(23)24/h3-4,6-11H,2,5H2,1H3,(H,19,21)(H,20,22)(H,23,24). The van der Waals surface area contributed by atoms with E-state index in [-0.39, 0.29) is 17.0 Å². The van der Waals surface area contributed by atoms with E-state index >= 15 is 0 Å². The minimum Gasteiger partial charge on any atom is -0.478 e. The molecule has 24 heavy (non-hydrogen) atoms. The molecule has 2 aromatic rings. The molecule has 0 fully saturated rings. The molecule has 2 rings (SSSR count). The molecule has 0 saturated carbocycles. The Morgan fingerprint density at radius 2 is 1.42 bits per heavy atom. The van der Waals surface area contributed by atoms with E-state index in [1.54, 1.807) is 36.4 Å². The van der Waals surface area contributed by atoms with E-state index in [1.165, 1.54) is 12.1 Å². The van der Waals surface area contributed by atoms with Gasteiger partial charge in [0.05, 0.1) is 11.1 Å². The summed E-state index contributed by atoms with van der Waals surface area (Å²) >= 11 is 0. The van der Waals surface area contributed by atoms with Crippen molar-refractivity contribution in [2.45, 2.75) is 19.8 Å². The van der Waals surface area contributed by atoms with Gasteiger partial charge < -0.3 is 15.7 Å². The van der Waals surface area contributed by atoms with Crippen LogP contribution in [0, 0.1) is 0 Å². The third-order valence-electron chi connectivity index (χ3n) is 3.31. The van der Waals surface area contributed by atoms with Gasteiger partial charge >= 0.3 is 5.97 Å². The van der Waals surface area contributed by atoms with Gasteiger partial charge in [-0.2, -0.15) is 0 Å². The van der Waals surface area contributed by atoms with Crippen LogP contribution in [0.5, 0.6) is 0 Å². The summed E-state index contributed by atoms with van der Waals surface area (Å²) in [5.74, 6) is -1.73. The Morgan fingerprint density at radius 1 is 0.875 bits per heavy atom. The SMILES string of the molecule is CCCC(=O)Nc1ccc(NC(=O)c2ccccc2C(=O)O)cc1. The molecule has 0 aromatic heterocycles. The first kappa shape index (κ1) is 17.2. The van der Waals surface area contributed by atoms with E-state index in [0.717, 1.165) is 6.42 Å². The maximum absolute atomic E-state index is 12.2. The van der Waals surface area contributed by atoms with E-state index in [0.29, 0.717) is 17.8 Å². The molecule has 0 aliphatic rings. The van der Waals surface area contributed by atoms with Crippen molar-refractivity contribution in [1.82, 2.24) is 0 Å². The Bertz CT molecular complexity index is 754. The first-order valence-electron chi connectivity index (χ1n) is 7.55. The second-order valence-corrected chi connectivity index (χ2v) is 5.18. The average molecular weight is 326 g/mol. The van der Waals surface area contributed by atoms with Gasteiger partial charge in [0.1, 0.15) is 0 Å². The molecule has 3 N–H and O–H groups in total. The van der Waals surface area contributed by atoms with Crippen LogP contribution in [0.1, 0.15) is 40.5 Å². The van der Waals surface area contributed by atoms with Crippen molar-refractivity contribution >= 4 is 29.2 Å². The second kappa shape index (κ2) is 7.92. The second-order valence-electron chi connectivity index (χ2n) is 5.18. The van der Waals surface area contributed by atoms with Crippen LogP contribution in [0.2, 0.25) is 0 Å². The lowest BCUT2D eigenvalue weighted by molar-refractivity contribution is -0.116. The van der Waals surface area contributed by atoms with Crippen molar-refractivity contribution in [2.75, 3.05) is 10.6 Å². The summed E-state index contributed by atoms with van der Waals surface area (Å²) in [6.45, 7) is 1.92. The van der Waals surface area contributed by atoms with Crippen molar-refractivity contribution in [3.63, 3.8) is 0 Å². The zero-order valence-electron chi connectivity index (χ0n) is 13.2. The Labute approximate surface area is 139 Å². The number of carbonyl (C=O) groups excluding carboxylic acids is 2. The first-order valence-corrected chi connectivity index (χ1v) is 7.55. The molecular weight excluding hydrogens is 308 g/mol. The number of anilines is 2. The van der Waals surface area contributed by atoms with Crippen LogP contribution in [0.15, 0.2) is 48.5 Å². The van der Waals surface area contributed by atoms with Crippen molar-refractivity contribution in [3.8, 4) is 0 Å². The van der Waals surface area contributed by atoms with E-state index in [9.17, 15) is 14.4 Å². The minimum atomic E-state index is -1.16. The largest absolute Gasteiger partial charge is 0.478 e. The van der Waals surface area contributed by atoms with E-state index in [4.69, 9.17) is 5.11 Å². The topological polar surface area (TPSA) is 95.5 Å². The lowest BCUT2D eigenvalue weighted by Crippen LogP contribution is -2.16. The van der Waals surface area contributed by atoms with E-state index in [2.05, 4.69) is 10.6 Å². The zero-order valence-corrected chi connectivity index (χ0v) is 13.2. The average Bonchev–Trinajstić information content (AvgIpc) is 2.56. The first-order chi connectivity index (χ1) is 11.5. The Morgan fingerprint density at radius 3 is 1.96 bits per heavy atom. The van der Waals surface area contributed by atoms with Crippen LogP contribution < -0.4 is 10.6 Å². The highest BCUT2D eigenvalue weighted by Crippen LogP contribution is 2.16. The number of carbonyl (C=O) groups is 3. The van der Waals surface area contributed by atoms with Gasteiger partial charge in [-0.1, -0.05) is 19.1 Å². The van der Waals surface area contributed by atoms with Gasteiger partial charge in [-0.3, -0.25) is 9.59 Å². The van der Waals surface area contributed by atoms with Crippen molar-refractivity contribution in [2.24, 2.45) is 0 Å². The third kappa shape index (κ3) is 4.42. The maximum atomic E-state index is 12.2. The summed E-state index contributed by atoms with van der Waals surface area (Å²) in [5, 5.41) is 14.5. The molecule has 124 valence electrons. The predicted octanol–water partition coefficient (Wildman–Crippen LogP) is 3.38. The molecule has 0 radical (unpaired) electrons. The third-order valence-corrected chi connectivity index (χ3v) is 3.31. The molecule has 0 saturated heterocycles. The van der Waals surface area contributed by atoms with Crippen LogP contribution in [-0.2, 0) is 4.79 Å². The summed E-state index contributed by atoms with van der Waals surface area (Å²) in [6, 6.07) is 12.6. The molecule has 0 spiro atoms. The molecule has 2 amide bonds. The van der Waals surface area contributed by atoms with Crippen LogP contribution in [0.4, 0.5) is 11.4 Å². The number of amides is 2.